The number of aliphatic hydroxyl groups is 1. The summed E-state index contributed by atoms with van der Waals surface area (Å²) in [6.07, 6.45) is -9.95. The summed E-state index contributed by atoms with van der Waals surface area (Å²) in [6, 6.07) is 29.9. The van der Waals surface area contributed by atoms with Crippen molar-refractivity contribution in [1.29, 1.82) is 0 Å². The van der Waals surface area contributed by atoms with Gasteiger partial charge in [-0.25, -0.2) is 19.3 Å². The van der Waals surface area contributed by atoms with Crippen molar-refractivity contribution in [2.24, 2.45) is 0 Å². The Hall–Kier alpha value is -6.46. The van der Waals surface area contributed by atoms with E-state index in [1.54, 1.807) is 0 Å². The normalized spacial score (nSPS) is 21.7. The highest BCUT2D eigenvalue weighted by molar-refractivity contribution is 6.31. The van der Waals surface area contributed by atoms with E-state index in [2.05, 4.69) is 9.69 Å². The molecular weight excluding hydrogens is 964 g/mol. The third kappa shape index (κ3) is 8.25. The molecule has 0 radical (unpaired) electrons. The average molecular weight is 997 g/mol. The number of carbonyl (C=O) groups excluding carboxylic acids is 2. The van der Waals surface area contributed by atoms with Gasteiger partial charge in [-0.3, -0.25) is 19.6 Å². The largest absolute Gasteiger partial charge is 0.416 e. The van der Waals surface area contributed by atoms with Gasteiger partial charge in [0.1, 0.15) is 0 Å². The molecule has 2 heterocycles. The number of anilines is 4. The highest BCUT2D eigenvalue weighted by Gasteiger charge is 2.77. The van der Waals surface area contributed by atoms with E-state index in [0.29, 0.717) is 24.9 Å². The molecule has 0 aliphatic carbocycles. The quantitative estimate of drug-likeness (QED) is 0.133. The average Bonchev–Trinajstić information content (AvgIpc) is 3.65. The Kier molecular flexibility index (Phi) is 13.0. The predicted molar refractivity (Wildman–Crippen MR) is 247 cm³/mol. The summed E-state index contributed by atoms with van der Waals surface area (Å²) < 4.78 is 89.5. The lowest BCUT2D eigenvalue weighted by molar-refractivity contribution is -0.227. The predicted octanol–water partition coefficient (Wildman–Crippen LogP) is 15.2. The molecule has 2 fully saturated rings. The van der Waals surface area contributed by atoms with Crippen molar-refractivity contribution < 1.29 is 41.0 Å². The molecule has 67 heavy (non-hydrogen) atoms. The van der Waals surface area contributed by atoms with Crippen LogP contribution in [0.1, 0.15) is 31.0 Å². The van der Waals surface area contributed by atoms with Gasteiger partial charge in [0, 0.05) is 42.8 Å². The molecule has 2 aliphatic rings. The van der Waals surface area contributed by atoms with Crippen LogP contribution in [0.25, 0.3) is 9.69 Å². The van der Waals surface area contributed by atoms with Crippen molar-refractivity contribution in [3.8, 4) is 0 Å². The number of hydrogen-bond donors (Lipinski definition) is 1. The first-order valence-electron chi connectivity index (χ1n) is 19.6. The van der Waals surface area contributed by atoms with Crippen LogP contribution < -0.4 is 19.6 Å². The van der Waals surface area contributed by atoms with E-state index in [-0.39, 0.29) is 50.3 Å². The van der Waals surface area contributed by atoms with Crippen LogP contribution in [0.15, 0.2) is 146 Å². The van der Waals surface area contributed by atoms with Gasteiger partial charge in [0.25, 0.3) is 0 Å². The van der Waals surface area contributed by atoms with Crippen LogP contribution in [-0.2, 0) is 5.72 Å². The highest BCUT2D eigenvalue weighted by Crippen LogP contribution is 2.58. The molecule has 0 saturated carbocycles. The first kappa shape index (κ1) is 48.5. The Morgan fingerprint density at radius 3 is 1.37 bits per heavy atom. The van der Waals surface area contributed by atoms with Crippen LogP contribution in [-0.4, -0.2) is 40.6 Å². The molecule has 6 aromatic carbocycles. The lowest BCUT2D eigenvalue weighted by Gasteiger charge is -2.45. The molecule has 8 rings (SSSR count). The van der Waals surface area contributed by atoms with Gasteiger partial charge in [-0.1, -0.05) is 88.9 Å². The molecule has 2 saturated heterocycles. The molecule has 1 unspecified atom stereocenters. The van der Waals surface area contributed by atoms with Crippen molar-refractivity contribution in [1.82, 2.24) is 0 Å². The third-order valence-electron chi connectivity index (χ3n) is 11.7. The van der Waals surface area contributed by atoms with Gasteiger partial charge in [-0.05, 0) is 128 Å². The molecule has 19 heteroatoms. The Bertz CT molecular complexity index is 2930. The second-order valence-electron chi connectivity index (χ2n) is 15.5. The fourth-order valence-electron chi connectivity index (χ4n) is 8.32. The van der Waals surface area contributed by atoms with Gasteiger partial charge >= 0.3 is 24.4 Å². The topological polar surface area (TPSA) is 76.0 Å². The van der Waals surface area contributed by atoms with E-state index in [4.69, 9.17) is 59.5 Å². The van der Waals surface area contributed by atoms with Crippen LogP contribution in [0.5, 0.6) is 0 Å². The molecule has 6 aromatic rings. The Balaban J connectivity index is 0.000000199. The van der Waals surface area contributed by atoms with E-state index >= 15 is 0 Å². The summed E-state index contributed by atoms with van der Waals surface area (Å²) in [5.74, 6) is 0. The maximum atomic E-state index is 15.0. The standard InChI is InChI=1S/C24H16Cl2F3N3O2.C24H16Cl2F3N3O/c1-22(24(27,28)29)23(34,15-4-3-5-18(14-15)30-2)32(20-12-8-17(26)9-13-20)21(33)31(22)19-10-6-16(25)7-11-19;1-23(24(27,28)29)21(15-4-3-5-18(14-15)30-2)31(19-10-6-16(25)7-11-19)22(33)32(23)20-12-8-17(26)9-13-20/h3-14,34H,1H3;3-14,21H,1H3/t22-,23?;21-,23-/m00/s1. The fraction of sp³-hybridized carbons (Fsp3) is 0.167. The maximum absolute atomic E-state index is 15.0. The molecular formula is C48H32Cl4F6N6O3. The van der Waals surface area contributed by atoms with Crippen molar-refractivity contribution in [3.05, 3.63) is 200 Å². The van der Waals surface area contributed by atoms with Gasteiger partial charge in [0.15, 0.2) is 22.5 Å². The Morgan fingerprint density at radius 2 is 0.940 bits per heavy atom. The second kappa shape index (κ2) is 18.0. The number of amides is 4. The Labute approximate surface area is 400 Å². The third-order valence-corrected chi connectivity index (χ3v) is 12.7. The van der Waals surface area contributed by atoms with Crippen LogP contribution in [0.3, 0.4) is 0 Å². The van der Waals surface area contributed by atoms with Gasteiger partial charge in [-0.2, -0.15) is 26.3 Å². The van der Waals surface area contributed by atoms with Gasteiger partial charge in [-0.15, -0.1) is 0 Å². The van der Waals surface area contributed by atoms with E-state index in [9.17, 15) is 41.0 Å². The first-order chi connectivity index (χ1) is 31.5. The number of benzene rings is 6. The van der Waals surface area contributed by atoms with Crippen LogP contribution >= 0.6 is 46.4 Å². The lowest BCUT2D eigenvalue weighted by atomic mass is 9.81. The van der Waals surface area contributed by atoms with E-state index in [0.717, 1.165) is 29.7 Å². The summed E-state index contributed by atoms with van der Waals surface area (Å²) in [7, 11) is 0. The van der Waals surface area contributed by atoms with E-state index < -0.39 is 47.3 Å². The van der Waals surface area contributed by atoms with Gasteiger partial charge < -0.3 is 5.11 Å². The van der Waals surface area contributed by atoms with Gasteiger partial charge in [0.2, 0.25) is 5.72 Å². The molecule has 342 valence electrons. The molecule has 0 bridgehead atoms. The van der Waals surface area contributed by atoms with Crippen molar-refractivity contribution in [3.63, 3.8) is 0 Å². The number of carbonyl (C=O) groups is 2. The smallest absolute Gasteiger partial charge is 0.364 e. The molecule has 2 aliphatic heterocycles. The molecule has 4 atom stereocenters. The van der Waals surface area contributed by atoms with Crippen molar-refractivity contribution in [2.45, 2.75) is 49.0 Å². The van der Waals surface area contributed by atoms with E-state index in [1.165, 1.54) is 140 Å². The molecule has 0 aromatic heterocycles. The van der Waals surface area contributed by atoms with Crippen LogP contribution in [0.4, 0.5) is 70.1 Å². The molecule has 0 spiro atoms. The monoisotopic (exact) mass is 994 g/mol. The van der Waals surface area contributed by atoms with Gasteiger partial charge in [0.05, 0.1) is 19.2 Å². The molecule has 1 N–H and O–H groups in total. The van der Waals surface area contributed by atoms with E-state index in [1.807, 2.05) is 0 Å². The van der Waals surface area contributed by atoms with Crippen LogP contribution in [0.2, 0.25) is 20.1 Å². The second-order valence-corrected chi connectivity index (χ2v) is 17.3. The summed E-state index contributed by atoms with van der Waals surface area (Å²) in [5.41, 5.74) is -8.57. The highest BCUT2D eigenvalue weighted by atomic mass is 35.5. The lowest BCUT2D eigenvalue weighted by Crippen LogP contribution is -2.66. The zero-order valence-electron chi connectivity index (χ0n) is 34.7. The van der Waals surface area contributed by atoms with Crippen molar-refractivity contribution >= 4 is 92.6 Å². The minimum atomic E-state index is -5.12. The Morgan fingerprint density at radius 1 is 0.537 bits per heavy atom. The minimum Gasteiger partial charge on any atom is -0.364 e. The van der Waals surface area contributed by atoms with Crippen LogP contribution in [0, 0.1) is 13.1 Å². The van der Waals surface area contributed by atoms with Crippen molar-refractivity contribution in [2.75, 3.05) is 19.6 Å². The molecule has 4 amide bonds. The number of urea groups is 2. The number of hydrogen-bond acceptors (Lipinski definition) is 3. The first-order valence-corrected chi connectivity index (χ1v) is 21.2. The maximum Gasteiger partial charge on any atom is 0.416 e. The fourth-order valence-corrected chi connectivity index (χ4v) is 8.82. The summed E-state index contributed by atoms with van der Waals surface area (Å²) >= 11 is 23.8. The number of nitrogens with zero attached hydrogens (tertiary/aromatic N) is 6. The number of alkyl halides is 6. The summed E-state index contributed by atoms with van der Waals surface area (Å²) in [4.78, 5) is 37.1. The minimum absolute atomic E-state index is 0.00361. The SMILES string of the molecule is [C-]#[N+]c1cccc(C2(O)N(c3ccc(Cl)cc3)C(=O)N(c3ccc(Cl)cc3)[C@]2(C)C(F)(F)F)c1.[C-]#[N+]c1cccc([C@@H]2N(c3ccc(Cl)cc3)C(=O)N(c3ccc(Cl)cc3)[C@]2(C)C(F)(F)F)c1. The summed E-state index contributed by atoms with van der Waals surface area (Å²) in [5, 5.41) is 13.3. The number of halogens is 10. The number of rotatable bonds is 6. The zero-order valence-corrected chi connectivity index (χ0v) is 37.7. The summed E-state index contributed by atoms with van der Waals surface area (Å²) in [6.45, 7) is 16.3. The molecule has 9 nitrogen and oxygen atoms in total. The zero-order chi connectivity index (χ0) is 48.9.